The van der Waals surface area contributed by atoms with Gasteiger partial charge in [0.25, 0.3) is 0 Å². The summed E-state index contributed by atoms with van der Waals surface area (Å²) in [6.07, 6.45) is -4.14. The molecule has 5 heteroatoms. The summed E-state index contributed by atoms with van der Waals surface area (Å²) in [6.45, 7) is 5.94. The molecule has 0 heterocycles. The Kier molecular flexibility index (Phi) is 6.54. The molecular weight excluding hydrogens is 401 g/mol. The third-order valence-corrected chi connectivity index (χ3v) is 5.46. The molecule has 0 saturated carbocycles. The second-order valence-electron chi connectivity index (χ2n) is 7.91. The van der Waals surface area contributed by atoms with Crippen LogP contribution in [0.3, 0.4) is 0 Å². The standard InChI is InChI=1S/C26H25F3O2/c1-4-21-22(19-7-5-17(6-8-19)15-24(30)31)13-14-23(26(27,28)29)25(21)20-11-9-18(10-12-20)16(2)3/h5-14,16H,4,15H2,1-3H3,(H,30,31). The molecule has 0 aliphatic rings. The van der Waals surface area contributed by atoms with E-state index in [9.17, 15) is 18.0 Å². The minimum Gasteiger partial charge on any atom is -0.481 e. The number of hydrogen-bond donors (Lipinski definition) is 1. The average Bonchev–Trinajstić information content (AvgIpc) is 2.72. The van der Waals surface area contributed by atoms with Gasteiger partial charge in [0.2, 0.25) is 0 Å². The van der Waals surface area contributed by atoms with Crippen molar-refractivity contribution in [3.8, 4) is 22.3 Å². The summed E-state index contributed by atoms with van der Waals surface area (Å²) >= 11 is 0. The maximum Gasteiger partial charge on any atom is 0.417 e. The molecule has 0 aliphatic carbocycles. The molecule has 0 radical (unpaired) electrons. The van der Waals surface area contributed by atoms with Crippen molar-refractivity contribution in [3.63, 3.8) is 0 Å². The summed E-state index contributed by atoms with van der Waals surface area (Å²) in [6, 6.07) is 16.9. The number of carbonyl (C=O) groups is 1. The minimum atomic E-state index is -4.47. The molecule has 0 amide bonds. The lowest BCUT2D eigenvalue weighted by Gasteiger charge is -2.21. The molecule has 2 nitrogen and oxygen atoms in total. The Morgan fingerprint density at radius 3 is 1.97 bits per heavy atom. The Morgan fingerprint density at radius 1 is 0.903 bits per heavy atom. The Morgan fingerprint density at radius 2 is 1.48 bits per heavy atom. The molecule has 3 rings (SSSR count). The molecule has 162 valence electrons. The van der Waals surface area contributed by atoms with Gasteiger partial charge in [-0.3, -0.25) is 4.79 Å². The fourth-order valence-corrected chi connectivity index (χ4v) is 3.86. The highest BCUT2D eigenvalue weighted by Crippen LogP contribution is 2.43. The lowest BCUT2D eigenvalue weighted by molar-refractivity contribution is -0.137. The van der Waals surface area contributed by atoms with Gasteiger partial charge in [-0.2, -0.15) is 13.2 Å². The molecule has 0 spiro atoms. The summed E-state index contributed by atoms with van der Waals surface area (Å²) in [4.78, 5) is 10.9. The van der Waals surface area contributed by atoms with Gasteiger partial charge in [0.15, 0.2) is 0 Å². The van der Waals surface area contributed by atoms with E-state index in [1.807, 2.05) is 32.9 Å². The quantitative estimate of drug-likeness (QED) is 0.447. The number of carboxylic acids is 1. The van der Waals surface area contributed by atoms with Gasteiger partial charge < -0.3 is 5.11 Å². The third kappa shape index (κ3) is 4.98. The van der Waals surface area contributed by atoms with Crippen molar-refractivity contribution >= 4 is 5.97 Å². The average molecular weight is 426 g/mol. The van der Waals surface area contributed by atoms with Crippen LogP contribution >= 0.6 is 0 Å². The lowest BCUT2D eigenvalue weighted by atomic mass is 9.86. The van der Waals surface area contributed by atoms with Crippen molar-refractivity contribution in [1.82, 2.24) is 0 Å². The highest BCUT2D eigenvalue weighted by Gasteiger charge is 2.35. The molecule has 3 aromatic carbocycles. The maximum atomic E-state index is 13.9. The monoisotopic (exact) mass is 426 g/mol. The maximum absolute atomic E-state index is 13.9. The van der Waals surface area contributed by atoms with Gasteiger partial charge in [0, 0.05) is 0 Å². The number of benzene rings is 3. The van der Waals surface area contributed by atoms with Gasteiger partial charge in [-0.15, -0.1) is 0 Å². The summed E-state index contributed by atoms with van der Waals surface area (Å²) in [7, 11) is 0. The van der Waals surface area contributed by atoms with Crippen LogP contribution < -0.4 is 0 Å². The smallest absolute Gasteiger partial charge is 0.417 e. The van der Waals surface area contributed by atoms with Crippen LogP contribution in [0.1, 0.15) is 48.9 Å². The van der Waals surface area contributed by atoms with E-state index in [-0.39, 0.29) is 17.9 Å². The molecule has 0 fully saturated rings. The van der Waals surface area contributed by atoms with Gasteiger partial charge in [0.1, 0.15) is 0 Å². The molecule has 3 aromatic rings. The van der Waals surface area contributed by atoms with Crippen molar-refractivity contribution in [2.24, 2.45) is 0 Å². The molecule has 1 N–H and O–H groups in total. The highest BCUT2D eigenvalue weighted by atomic mass is 19.4. The van der Waals surface area contributed by atoms with Crippen molar-refractivity contribution in [3.05, 3.63) is 82.9 Å². The predicted molar refractivity (Wildman–Crippen MR) is 117 cm³/mol. The molecule has 31 heavy (non-hydrogen) atoms. The van der Waals surface area contributed by atoms with E-state index < -0.39 is 17.7 Å². The Bertz CT molecular complexity index is 1060. The molecule has 0 bridgehead atoms. The Labute approximate surface area is 180 Å². The van der Waals surface area contributed by atoms with E-state index in [1.54, 1.807) is 36.4 Å². The third-order valence-electron chi connectivity index (χ3n) is 5.46. The van der Waals surface area contributed by atoms with E-state index in [2.05, 4.69) is 0 Å². The number of halogens is 3. The molecule has 0 atom stereocenters. The first kappa shape index (κ1) is 22.6. The topological polar surface area (TPSA) is 37.3 Å². The van der Waals surface area contributed by atoms with Crippen molar-refractivity contribution in [1.29, 1.82) is 0 Å². The first-order chi connectivity index (χ1) is 14.6. The normalized spacial score (nSPS) is 11.7. The van der Waals surface area contributed by atoms with Crippen molar-refractivity contribution in [2.45, 2.75) is 45.7 Å². The van der Waals surface area contributed by atoms with Gasteiger partial charge in [0.05, 0.1) is 12.0 Å². The first-order valence-corrected chi connectivity index (χ1v) is 10.3. The molecular formula is C26H25F3O2. The fourth-order valence-electron chi connectivity index (χ4n) is 3.86. The first-order valence-electron chi connectivity index (χ1n) is 10.3. The van der Waals surface area contributed by atoms with Crippen LogP contribution in [0.4, 0.5) is 13.2 Å². The second kappa shape index (κ2) is 8.96. The zero-order valence-electron chi connectivity index (χ0n) is 17.8. The number of hydrogen-bond acceptors (Lipinski definition) is 1. The zero-order valence-corrected chi connectivity index (χ0v) is 17.8. The van der Waals surface area contributed by atoms with Crippen molar-refractivity contribution < 1.29 is 23.1 Å². The van der Waals surface area contributed by atoms with E-state index >= 15 is 0 Å². The Hall–Kier alpha value is -3.08. The van der Waals surface area contributed by atoms with Gasteiger partial charge in [-0.25, -0.2) is 0 Å². The molecule has 0 aliphatic heterocycles. The van der Waals surface area contributed by atoms with Crippen LogP contribution in [0.15, 0.2) is 60.7 Å². The number of aliphatic carboxylic acids is 1. The highest BCUT2D eigenvalue weighted by molar-refractivity contribution is 5.82. The van der Waals surface area contributed by atoms with Crippen LogP contribution in [-0.2, 0) is 23.8 Å². The predicted octanol–water partition coefficient (Wildman–Crippen LogP) is 7.35. The van der Waals surface area contributed by atoms with Crippen molar-refractivity contribution in [2.75, 3.05) is 0 Å². The summed E-state index contributed by atoms with van der Waals surface area (Å²) in [5, 5.41) is 8.95. The van der Waals surface area contributed by atoms with E-state index in [1.165, 1.54) is 6.07 Å². The largest absolute Gasteiger partial charge is 0.481 e. The van der Waals surface area contributed by atoms with Crippen LogP contribution in [0.5, 0.6) is 0 Å². The summed E-state index contributed by atoms with van der Waals surface area (Å²) < 4.78 is 41.7. The number of carboxylic acid groups (broad SMARTS) is 1. The second-order valence-corrected chi connectivity index (χ2v) is 7.91. The van der Waals surface area contributed by atoms with Crippen LogP contribution in [-0.4, -0.2) is 11.1 Å². The molecule has 0 aromatic heterocycles. The van der Waals surface area contributed by atoms with E-state index in [0.717, 1.165) is 22.8 Å². The number of alkyl halides is 3. The SMILES string of the molecule is CCc1c(-c2ccc(CC(=O)O)cc2)ccc(C(F)(F)F)c1-c1ccc(C(C)C)cc1. The Balaban J connectivity index is 2.19. The molecule has 0 unspecified atom stereocenters. The van der Waals surface area contributed by atoms with E-state index in [0.29, 0.717) is 23.1 Å². The summed E-state index contributed by atoms with van der Waals surface area (Å²) in [5.74, 6) is -0.638. The van der Waals surface area contributed by atoms with Crippen LogP contribution in [0.2, 0.25) is 0 Å². The number of rotatable bonds is 6. The minimum absolute atomic E-state index is 0.0959. The van der Waals surface area contributed by atoms with Gasteiger partial charge >= 0.3 is 12.1 Å². The fraction of sp³-hybridized carbons (Fsp3) is 0.269. The summed E-state index contributed by atoms with van der Waals surface area (Å²) in [5.41, 5.74) is 3.92. The lowest BCUT2D eigenvalue weighted by Crippen LogP contribution is -2.10. The van der Waals surface area contributed by atoms with Crippen LogP contribution in [0.25, 0.3) is 22.3 Å². The van der Waals surface area contributed by atoms with Gasteiger partial charge in [-0.1, -0.05) is 75.4 Å². The van der Waals surface area contributed by atoms with Gasteiger partial charge in [-0.05, 0) is 57.3 Å². The van der Waals surface area contributed by atoms with E-state index in [4.69, 9.17) is 5.11 Å². The zero-order chi connectivity index (χ0) is 22.8. The van der Waals surface area contributed by atoms with Crippen LogP contribution in [0, 0.1) is 0 Å². The molecule has 0 saturated heterocycles.